The fraction of sp³-hybridized carbons (Fsp3) is 0.436. The minimum Gasteiger partial charge on any atom is -0.497 e. The number of fused-ring (bicyclic) bond motifs is 2. The van der Waals surface area contributed by atoms with Crippen LogP contribution in [0.5, 0.6) is 5.75 Å². The van der Waals surface area contributed by atoms with Crippen molar-refractivity contribution in [3.05, 3.63) is 94.2 Å². The molecule has 4 aromatic rings. The molecule has 2 fully saturated rings. The molecule has 4 heterocycles. The summed E-state index contributed by atoms with van der Waals surface area (Å²) >= 11 is 3.71. The molecule has 0 radical (unpaired) electrons. The fourth-order valence-corrected chi connectivity index (χ4v) is 13.1. The fourth-order valence-electron chi connectivity index (χ4n) is 8.72. The van der Waals surface area contributed by atoms with Crippen molar-refractivity contribution in [3.8, 4) is 5.75 Å². The van der Waals surface area contributed by atoms with E-state index < -0.39 is 13.7 Å². The number of ether oxygens (including phenoxy) is 2. The summed E-state index contributed by atoms with van der Waals surface area (Å²) in [6.45, 7) is 8.70. The molecule has 52 heavy (non-hydrogen) atoms. The summed E-state index contributed by atoms with van der Waals surface area (Å²) in [5.41, 5.74) is 2.93. The number of halogens is 1. The van der Waals surface area contributed by atoms with Gasteiger partial charge in [0.25, 0.3) is 5.91 Å². The maximum Gasteiger partial charge on any atom is 0.264 e. The number of carbonyl (C=O) groups excluding carboxylic acids is 2. The lowest BCUT2D eigenvalue weighted by molar-refractivity contribution is -0.146. The quantitative estimate of drug-likeness (QED) is 0.169. The Bertz CT molecular complexity index is 1930. The van der Waals surface area contributed by atoms with Crippen LogP contribution in [-0.4, -0.2) is 72.4 Å². The van der Waals surface area contributed by atoms with Crippen LogP contribution in [0, 0.1) is 5.92 Å². The number of nitrogens with zero attached hydrogens (tertiary/aromatic N) is 4. The molecular weight excluding hydrogens is 740 g/mol. The zero-order valence-corrected chi connectivity index (χ0v) is 32.7. The highest BCUT2D eigenvalue weighted by atomic mass is 79.9. The standard InChI is InChI=1S/C39H47BrN6O5Si/c1-25-36(52(3,4)31-13-11-30(50-2)12-14-31)35(16-19-45-24-29(17-20-47)43-44-45)51-39(25)32-22-27(40)10-15-34(32)46(38(39)49)23-26-7-5-8-28(21-26)42-37(48)33-9-6-18-41-33/h5,7-8,10-15,21-22,24-25,33,35-36,41,47H,6,9,16-20,23H2,1-4H3,(H,42,48)/t25-,33+,35+,36-,39+/m0/s1. The van der Waals surface area contributed by atoms with Gasteiger partial charge in [-0.3, -0.25) is 14.3 Å². The van der Waals surface area contributed by atoms with E-state index in [1.54, 1.807) is 7.11 Å². The Morgan fingerprint density at radius 3 is 2.71 bits per heavy atom. The third-order valence-corrected chi connectivity index (χ3v) is 16.2. The number of amides is 2. The lowest BCUT2D eigenvalue weighted by atomic mass is 9.82. The largest absolute Gasteiger partial charge is 0.497 e. The van der Waals surface area contributed by atoms with Crippen molar-refractivity contribution in [3.63, 3.8) is 0 Å². The van der Waals surface area contributed by atoms with Crippen LogP contribution in [0.15, 0.2) is 77.4 Å². The number of hydrogen-bond donors (Lipinski definition) is 3. The Balaban J connectivity index is 1.23. The maximum absolute atomic E-state index is 15.2. The summed E-state index contributed by atoms with van der Waals surface area (Å²) in [7, 11) is -0.655. The van der Waals surface area contributed by atoms with Crippen LogP contribution in [0.1, 0.15) is 43.0 Å². The van der Waals surface area contributed by atoms with E-state index in [-0.39, 0.29) is 42.0 Å². The third-order valence-electron chi connectivity index (χ3n) is 11.3. The van der Waals surface area contributed by atoms with Crippen molar-refractivity contribution in [2.45, 2.75) is 82.1 Å². The molecule has 2 amide bonds. The van der Waals surface area contributed by atoms with Gasteiger partial charge in [-0.1, -0.05) is 70.6 Å². The van der Waals surface area contributed by atoms with Gasteiger partial charge < -0.3 is 30.1 Å². The number of aliphatic hydroxyl groups is 1. The number of benzene rings is 3. The van der Waals surface area contributed by atoms with E-state index >= 15 is 4.79 Å². The van der Waals surface area contributed by atoms with E-state index in [0.29, 0.717) is 31.6 Å². The van der Waals surface area contributed by atoms with Crippen LogP contribution < -0.4 is 25.5 Å². The first kappa shape index (κ1) is 36.5. The van der Waals surface area contributed by atoms with Crippen molar-refractivity contribution in [2.24, 2.45) is 5.92 Å². The van der Waals surface area contributed by atoms with Gasteiger partial charge >= 0.3 is 0 Å². The smallest absolute Gasteiger partial charge is 0.264 e. The highest BCUT2D eigenvalue weighted by Crippen LogP contribution is 2.60. The van der Waals surface area contributed by atoms with E-state index in [1.807, 2.05) is 64.3 Å². The molecule has 1 aromatic heterocycles. The summed E-state index contributed by atoms with van der Waals surface area (Å²) in [5.74, 6) is 0.541. The number of anilines is 2. The molecule has 1 spiro atoms. The van der Waals surface area contributed by atoms with Gasteiger partial charge in [0, 0.05) is 47.4 Å². The molecule has 274 valence electrons. The molecule has 0 aliphatic carbocycles. The van der Waals surface area contributed by atoms with Gasteiger partial charge in [-0.15, -0.1) is 5.10 Å². The van der Waals surface area contributed by atoms with E-state index in [2.05, 4.69) is 75.1 Å². The van der Waals surface area contributed by atoms with Crippen molar-refractivity contribution in [2.75, 3.05) is 30.5 Å². The third kappa shape index (κ3) is 6.73. The summed E-state index contributed by atoms with van der Waals surface area (Å²) in [4.78, 5) is 29.9. The lowest BCUT2D eigenvalue weighted by Crippen LogP contribution is -2.51. The second-order valence-electron chi connectivity index (χ2n) is 14.8. The van der Waals surface area contributed by atoms with Crippen LogP contribution in [-0.2, 0) is 39.4 Å². The van der Waals surface area contributed by atoms with Crippen molar-refractivity contribution in [1.29, 1.82) is 0 Å². The van der Waals surface area contributed by atoms with Gasteiger partial charge in [0.05, 0.1) is 45.3 Å². The van der Waals surface area contributed by atoms with Crippen LogP contribution >= 0.6 is 15.9 Å². The van der Waals surface area contributed by atoms with E-state index in [1.165, 1.54) is 5.19 Å². The highest BCUT2D eigenvalue weighted by molar-refractivity contribution is 9.10. The Morgan fingerprint density at radius 1 is 1.17 bits per heavy atom. The Hall–Kier alpha value is -3.88. The average Bonchev–Trinajstić information content (AvgIpc) is 3.93. The number of nitrogens with one attached hydrogen (secondary N) is 2. The monoisotopic (exact) mass is 786 g/mol. The molecule has 5 atom stereocenters. The zero-order valence-electron chi connectivity index (χ0n) is 30.1. The molecule has 0 saturated carbocycles. The topological polar surface area (TPSA) is 131 Å². The summed E-state index contributed by atoms with van der Waals surface area (Å²) in [6.07, 6.45) is 4.52. The molecule has 0 unspecified atom stereocenters. The van der Waals surface area contributed by atoms with Crippen molar-refractivity contribution >= 4 is 52.4 Å². The lowest BCUT2D eigenvalue weighted by Gasteiger charge is -2.37. The molecule has 0 bridgehead atoms. The molecular formula is C39H47BrN6O5Si. The zero-order chi connectivity index (χ0) is 36.6. The minimum absolute atomic E-state index is 0.0125. The first-order valence-corrected chi connectivity index (χ1v) is 22.0. The second kappa shape index (κ2) is 14.9. The number of hydrogen-bond acceptors (Lipinski definition) is 8. The Labute approximate surface area is 314 Å². The SMILES string of the molecule is COc1ccc([Si](C)(C)[C@@H]2[C@@H](CCn3cc(CCO)nn3)O[C@]3(C(=O)N(Cc4cccc(NC(=O)[C@H]5CCCN5)c4)c4ccc(Br)cc43)[C@H]2C)cc1. The number of aryl methyl sites for hydroxylation is 1. The average molecular weight is 788 g/mol. The molecule has 3 aliphatic heterocycles. The van der Waals surface area contributed by atoms with Crippen molar-refractivity contribution < 1.29 is 24.2 Å². The molecule has 3 N–H and O–H groups in total. The number of methoxy groups -OCH3 is 1. The molecule has 13 heteroatoms. The molecule has 11 nitrogen and oxygen atoms in total. The van der Waals surface area contributed by atoms with Gasteiger partial charge in [0.1, 0.15) is 5.75 Å². The van der Waals surface area contributed by atoms with E-state index in [0.717, 1.165) is 52.1 Å². The van der Waals surface area contributed by atoms with Crippen LogP contribution in [0.2, 0.25) is 18.6 Å². The molecule has 7 rings (SSSR count). The minimum atomic E-state index is -2.33. The number of carbonyl (C=O) groups is 2. The first-order valence-electron chi connectivity index (χ1n) is 18.1. The number of rotatable bonds is 12. The maximum atomic E-state index is 15.2. The predicted octanol–water partition coefficient (Wildman–Crippen LogP) is 5.13. The van der Waals surface area contributed by atoms with E-state index in [9.17, 15) is 9.90 Å². The molecule has 3 aromatic carbocycles. The second-order valence-corrected chi connectivity index (χ2v) is 20.4. The van der Waals surface area contributed by atoms with Crippen LogP contribution in [0.3, 0.4) is 0 Å². The van der Waals surface area contributed by atoms with Gasteiger partial charge in [-0.05, 0) is 79.4 Å². The van der Waals surface area contributed by atoms with Crippen LogP contribution in [0.4, 0.5) is 11.4 Å². The predicted molar refractivity (Wildman–Crippen MR) is 206 cm³/mol. The van der Waals surface area contributed by atoms with Gasteiger partial charge in [0.15, 0.2) is 5.60 Å². The van der Waals surface area contributed by atoms with E-state index in [4.69, 9.17) is 9.47 Å². The number of aliphatic hydroxyl groups excluding tert-OH is 1. The Morgan fingerprint density at radius 2 is 1.98 bits per heavy atom. The van der Waals surface area contributed by atoms with Gasteiger partial charge in [0.2, 0.25) is 5.91 Å². The van der Waals surface area contributed by atoms with Crippen LogP contribution in [0.25, 0.3) is 0 Å². The van der Waals surface area contributed by atoms with Gasteiger partial charge in [-0.25, -0.2) is 0 Å². The normalized spacial score (nSPS) is 24.1. The molecule has 3 aliphatic rings. The Kier molecular flexibility index (Phi) is 10.4. The number of aromatic nitrogens is 3. The van der Waals surface area contributed by atoms with Gasteiger partial charge in [-0.2, -0.15) is 0 Å². The highest BCUT2D eigenvalue weighted by Gasteiger charge is 2.66. The first-order chi connectivity index (χ1) is 25.0. The summed E-state index contributed by atoms with van der Waals surface area (Å²) in [6, 6.07) is 22.0. The summed E-state index contributed by atoms with van der Waals surface area (Å²) < 4.78 is 15.5. The van der Waals surface area contributed by atoms with Crippen molar-refractivity contribution in [1.82, 2.24) is 20.3 Å². The molecule has 2 saturated heterocycles. The summed E-state index contributed by atoms with van der Waals surface area (Å²) in [5, 5.41) is 25.6.